The topological polar surface area (TPSA) is 15.3 Å². The van der Waals surface area contributed by atoms with Gasteiger partial charge in [-0.2, -0.15) is 0 Å². The van der Waals surface area contributed by atoms with Crippen LogP contribution in [0.4, 0.5) is 5.69 Å². The summed E-state index contributed by atoms with van der Waals surface area (Å²) in [5, 5.41) is 5.63. The van der Waals surface area contributed by atoms with Gasteiger partial charge in [0, 0.05) is 29.7 Å². The first-order chi connectivity index (χ1) is 9.74. The first kappa shape index (κ1) is 13.7. The van der Waals surface area contributed by atoms with Gasteiger partial charge in [-0.3, -0.25) is 4.90 Å². The van der Waals surface area contributed by atoms with E-state index in [2.05, 4.69) is 59.9 Å². The van der Waals surface area contributed by atoms with Gasteiger partial charge in [-0.25, -0.2) is 0 Å². The van der Waals surface area contributed by atoms with Crippen LogP contribution >= 0.6 is 11.3 Å². The number of aryl methyl sites for hydroxylation is 1. The van der Waals surface area contributed by atoms with Gasteiger partial charge in [0.2, 0.25) is 0 Å². The van der Waals surface area contributed by atoms with Crippen LogP contribution in [0.3, 0.4) is 0 Å². The van der Waals surface area contributed by atoms with Crippen molar-refractivity contribution in [1.29, 1.82) is 0 Å². The molecule has 2 heterocycles. The SMILES string of the molecule is CC(c1cccs1)N(C)Cc1ccc2c(c1)CCCN2. The molecule has 0 aliphatic carbocycles. The number of rotatable bonds is 4. The second-order valence-corrected chi connectivity index (χ2v) is 6.61. The molecule has 1 aromatic heterocycles. The summed E-state index contributed by atoms with van der Waals surface area (Å²) < 4.78 is 0. The van der Waals surface area contributed by atoms with Crippen molar-refractivity contribution in [3.63, 3.8) is 0 Å². The Balaban J connectivity index is 1.71. The average molecular weight is 286 g/mol. The van der Waals surface area contributed by atoms with E-state index in [1.54, 1.807) is 0 Å². The average Bonchev–Trinajstić information content (AvgIpc) is 3.00. The number of nitrogens with zero attached hydrogens (tertiary/aromatic N) is 1. The number of anilines is 1. The van der Waals surface area contributed by atoms with Gasteiger partial charge in [-0.15, -0.1) is 11.3 Å². The summed E-state index contributed by atoms with van der Waals surface area (Å²) >= 11 is 1.84. The summed E-state index contributed by atoms with van der Waals surface area (Å²) in [5.74, 6) is 0. The molecule has 0 bridgehead atoms. The molecule has 0 saturated carbocycles. The van der Waals surface area contributed by atoms with Crippen LogP contribution in [0.2, 0.25) is 0 Å². The molecular formula is C17H22N2S. The lowest BCUT2D eigenvalue weighted by atomic mass is 10.0. The van der Waals surface area contributed by atoms with Crippen molar-refractivity contribution in [2.24, 2.45) is 0 Å². The highest BCUT2D eigenvalue weighted by Crippen LogP contribution is 2.27. The fourth-order valence-corrected chi connectivity index (χ4v) is 3.65. The lowest BCUT2D eigenvalue weighted by molar-refractivity contribution is 0.256. The Morgan fingerprint density at radius 2 is 2.25 bits per heavy atom. The molecule has 2 nitrogen and oxygen atoms in total. The standard InChI is InChI=1S/C17H22N2S/c1-13(17-6-4-10-20-17)19(2)12-14-7-8-16-15(11-14)5-3-9-18-16/h4,6-8,10-11,13,18H,3,5,9,12H2,1-2H3. The van der Waals surface area contributed by atoms with E-state index in [-0.39, 0.29) is 0 Å². The van der Waals surface area contributed by atoms with Crippen LogP contribution in [0.1, 0.15) is 35.4 Å². The fraction of sp³-hybridized carbons (Fsp3) is 0.412. The lowest BCUT2D eigenvalue weighted by Gasteiger charge is -2.25. The van der Waals surface area contributed by atoms with E-state index in [1.807, 2.05) is 11.3 Å². The quantitative estimate of drug-likeness (QED) is 0.901. The van der Waals surface area contributed by atoms with Crippen molar-refractivity contribution in [1.82, 2.24) is 4.90 Å². The van der Waals surface area contributed by atoms with Gasteiger partial charge in [0.05, 0.1) is 0 Å². The van der Waals surface area contributed by atoms with Gasteiger partial charge < -0.3 is 5.32 Å². The molecule has 0 fully saturated rings. The molecule has 1 aliphatic heterocycles. The highest BCUT2D eigenvalue weighted by molar-refractivity contribution is 7.10. The predicted octanol–water partition coefficient (Wildman–Crippen LogP) is 4.30. The van der Waals surface area contributed by atoms with Crippen LogP contribution in [0.15, 0.2) is 35.7 Å². The van der Waals surface area contributed by atoms with Crippen molar-refractivity contribution in [2.45, 2.75) is 32.4 Å². The molecule has 3 rings (SSSR count). The van der Waals surface area contributed by atoms with Crippen LogP contribution < -0.4 is 5.32 Å². The number of hydrogen-bond acceptors (Lipinski definition) is 3. The second kappa shape index (κ2) is 5.98. The minimum atomic E-state index is 0.476. The van der Waals surface area contributed by atoms with E-state index >= 15 is 0 Å². The molecule has 106 valence electrons. The van der Waals surface area contributed by atoms with Gasteiger partial charge in [0.25, 0.3) is 0 Å². The Morgan fingerprint density at radius 3 is 3.05 bits per heavy atom. The van der Waals surface area contributed by atoms with E-state index < -0.39 is 0 Å². The highest BCUT2D eigenvalue weighted by atomic mass is 32.1. The summed E-state index contributed by atoms with van der Waals surface area (Å²) in [7, 11) is 2.21. The third kappa shape index (κ3) is 2.89. The summed E-state index contributed by atoms with van der Waals surface area (Å²) in [6.07, 6.45) is 2.46. The van der Waals surface area contributed by atoms with Crippen molar-refractivity contribution in [3.05, 3.63) is 51.7 Å². The van der Waals surface area contributed by atoms with Crippen molar-refractivity contribution < 1.29 is 0 Å². The van der Waals surface area contributed by atoms with Gasteiger partial charge in [-0.05, 0) is 55.5 Å². The number of benzene rings is 1. The Hall–Kier alpha value is -1.32. The molecule has 1 aliphatic rings. The van der Waals surface area contributed by atoms with Crippen molar-refractivity contribution in [3.8, 4) is 0 Å². The van der Waals surface area contributed by atoms with Gasteiger partial charge in [0.15, 0.2) is 0 Å². The molecule has 0 spiro atoms. The van der Waals surface area contributed by atoms with Crippen LogP contribution in [0, 0.1) is 0 Å². The molecule has 20 heavy (non-hydrogen) atoms. The fourth-order valence-electron chi connectivity index (χ4n) is 2.80. The number of hydrogen-bond donors (Lipinski definition) is 1. The highest BCUT2D eigenvalue weighted by Gasteiger charge is 2.14. The molecule has 3 heteroatoms. The summed E-state index contributed by atoms with van der Waals surface area (Å²) in [5.41, 5.74) is 4.22. The molecule has 1 N–H and O–H groups in total. The monoisotopic (exact) mass is 286 g/mol. The minimum Gasteiger partial charge on any atom is -0.385 e. The molecule has 0 amide bonds. The normalized spacial score (nSPS) is 15.8. The Kier molecular flexibility index (Phi) is 4.08. The molecular weight excluding hydrogens is 264 g/mol. The molecule has 1 unspecified atom stereocenters. The number of thiophene rings is 1. The number of nitrogens with one attached hydrogen (secondary N) is 1. The first-order valence-corrected chi connectivity index (χ1v) is 8.21. The lowest BCUT2D eigenvalue weighted by Crippen LogP contribution is -2.21. The van der Waals surface area contributed by atoms with Crippen molar-refractivity contribution >= 4 is 17.0 Å². The maximum atomic E-state index is 3.48. The van der Waals surface area contributed by atoms with E-state index in [4.69, 9.17) is 0 Å². The molecule has 0 saturated heterocycles. The van der Waals surface area contributed by atoms with E-state index in [9.17, 15) is 0 Å². The maximum absolute atomic E-state index is 3.48. The van der Waals surface area contributed by atoms with Gasteiger partial charge in [-0.1, -0.05) is 18.2 Å². The van der Waals surface area contributed by atoms with Gasteiger partial charge >= 0.3 is 0 Å². The van der Waals surface area contributed by atoms with Crippen LogP contribution in [0.5, 0.6) is 0 Å². The maximum Gasteiger partial charge on any atom is 0.0413 e. The summed E-state index contributed by atoms with van der Waals surface area (Å²) in [4.78, 5) is 3.86. The molecule has 0 radical (unpaired) electrons. The molecule has 1 atom stereocenters. The zero-order valence-electron chi connectivity index (χ0n) is 12.2. The Morgan fingerprint density at radius 1 is 1.35 bits per heavy atom. The second-order valence-electron chi connectivity index (χ2n) is 5.63. The van der Waals surface area contributed by atoms with Gasteiger partial charge in [0.1, 0.15) is 0 Å². The van der Waals surface area contributed by atoms with Crippen LogP contribution in [0.25, 0.3) is 0 Å². The predicted molar refractivity (Wildman–Crippen MR) is 87.5 cm³/mol. The summed E-state index contributed by atoms with van der Waals surface area (Å²) in [6, 6.07) is 11.7. The largest absolute Gasteiger partial charge is 0.385 e. The van der Waals surface area contributed by atoms with Crippen LogP contribution in [-0.2, 0) is 13.0 Å². The smallest absolute Gasteiger partial charge is 0.0413 e. The van der Waals surface area contributed by atoms with Crippen LogP contribution in [-0.4, -0.2) is 18.5 Å². The Bertz CT molecular complexity index is 562. The zero-order valence-corrected chi connectivity index (χ0v) is 13.0. The van der Waals surface area contributed by atoms with E-state index in [0.29, 0.717) is 6.04 Å². The van der Waals surface area contributed by atoms with Crippen molar-refractivity contribution in [2.75, 3.05) is 18.9 Å². The minimum absolute atomic E-state index is 0.476. The zero-order chi connectivity index (χ0) is 13.9. The number of fused-ring (bicyclic) bond motifs is 1. The third-order valence-electron chi connectivity index (χ3n) is 4.16. The first-order valence-electron chi connectivity index (χ1n) is 7.33. The van der Waals surface area contributed by atoms with E-state index in [1.165, 1.54) is 34.5 Å². The third-order valence-corrected chi connectivity index (χ3v) is 5.20. The Labute approximate surface area is 125 Å². The molecule has 2 aromatic rings. The van der Waals surface area contributed by atoms with E-state index in [0.717, 1.165) is 13.1 Å². The summed E-state index contributed by atoms with van der Waals surface area (Å²) in [6.45, 7) is 4.40. The molecule has 1 aromatic carbocycles.